The van der Waals surface area contributed by atoms with Crippen LogP contribution in [-0.2, 0) is 6.61 Å². The molecule has 3 rings (SSSR count). The Morgan fingerprint density at radius 1 is 1.50 bits per heavy atom. The molecule has 0 aliphatic heterocycles. The monoisotopic (exact) mass is 264 g/mol. The number of H-pyrrole nitrogens is 1. The Morgan fingerprint density at radius 2 is 2.33 bits per heavy atom. The van der Waals surface area contributed by atoms with E-state index in [-0.39, 0.29) is 18.3 Å². The van der Waals surface area contributed by atoms with E-state index in [1.54, 1.807) is 10.8 Å². The molecule has 0 bridgehead atoms. The minimum atomic E-state index is -0.160. The zero-order valence-electron chi connectivity index (χ0n) is 9.54. The third-order valence-corrected chi connectivity index (χ3v) is 3.68. The topological polar surface area (TPSA) is 83.8 Å². The zero-order valence-corrected chi connectivity index (χ0v) is 10.4. The van der Waals surface area contributed by atoms with Gasteiger partial charge in [0, 0.05) is 12.2 Å². The number of rotatable bonds is 4. The molecule has 0 saturated heterocycles. The Kier molecular flexibility index (Phi) is 2.92. The second-order valence-corrected chi connectivity index (χ2v) is 5.16. The summed E-state index contributed by atoms with van der Waals surface area (Å²) >= 11 is 1.35. The number of nitrogens with one attached hydrogen (secondary N) is 1. The summed E-state index contributed by atoms with van der Waals surface area (Å²) in [5.74, 6) is 0. The molecule has 0 atom stereocenters. The Labute approximate surface area is 107 Å². The highest BCUT2D eigenvalue weighted by atomic mass is 32.2. The first-order valence-electron chi connectivity index (χ1n) is 5.68. The van der Waals surface area contributed by atoms with Crippen LogP contribution >= 0.6 is 11.8 Å². The van der Waals surface area contributed by atoms with Gasteiger partial charge in [0.05, 0.1) is 6.61 Å². The van der Waals surface area contributed by atoms with Crippen molar-refractivity contribution in [3.63, 3.8) is 0 Å². The molecule has 1 saturated carbocycles. The lowest BCUT2D eigenvalue weighted by molar-refractivity contribution is 0.281. The predicted molar refractivity (Wildman–Crippen MR) is 65.4 cm³/mol. The molecule has 0 aromatic carbocycles. The van der Waals surface area contributed by atoms with Crippen LogP contribution in [0.15, 0.2) is 33.3 Å². The van der Waals surface area contributed by atoms with Crippen molar-refractivity contribution < 1.29 is 5.11 Å². The van der Waals surface area contributed by atoms with Gasteiger partial charge in [0.2, 0.25) is 0 Å². The molecule has 7 heteroatoms. The standard InChI is InChI=1S/C11H12N4O2S/c16-6-7-1-4-9(12-5-7)18-11-14-13-10(17)15(11)8-2-3-8/h1,4-5,8,16H,2-3,6H2,(H,13,17). The van der Waals surface area contributed by atoms with Crippen LogP contribution < -0.4 is 5.69 Å². The number of aliphatic hydroxyl groups is 1. The zero-order chi connectivity index (χ0) is 12.5. The van der Waals surface area contributed by atoms with Gasteiger partial charge in [0.15, 0.2) is 5.16 Å². The van der Waals surface area contributed by atoms with Gasteiger partial charge in [-0.2, -0.15) is 0 Å². The number of aromatic nitrogens is 4. The van der Waals surface area contributed by atoms with Gasteiger partial charge in [-0.25, -0.2) is 14.9 Å². The third-order valence-electron chi connectivity index (χ3n) is 2.76. The molecule has 2 aromatic heterocycles. The predicted octanol–water partition coefficient (Wildman–Crippen LogP) is 0.945. The number of aliphatic hydroxyl groups excluding tert-OH is 1. The van der Waals surface area contributed by atoms with E-state index in [1.807, 2.05) is 12.1 Å². The highest BCUT2D eigenvalue weighted by molar-refractivity contribution is 7.99. The van der Waals surface area contributed by atoms with Crippen molar-refractivity contribution in [3.8, 4) is 0 Å². The summed E-state index contributed by atoms with van der Waals surface area (Å²) in [4.78, 5) is 15.8. The minimum absolute atomic E-state index is 0.0207. The molecule has 2 heterocycles. The Bertz CT molecular complexity index is 600. The van der Waals surface area contributed by atoms with Gasteiger partial charge < -0.3 is 5.11 Å². The van der Waals surface area contributed by atoms with Gasteiger partial charge in [-0.1, -0.05) is 6.07 Å². The summed E-state index contributed by atoms with van der Waals surface area (Å²) in [6.07, 6.45) is 3.68. The summed E-state index contributed by atoms with van der Waals surface area (Å²) in [7, 11) is 0. The molecule has 2 aromatic rings. The van der Waals surface area contributed by atoms with Gasteiger partial charge in [0.25, 0.3) is 0 Å². The molecule has 1 aliphatic rings. The van der Waals surface area contributed by atoms with Gasteiger partial charge in [0.1, 0.15) is 5.03 Å². The van der Waals surface area contributed by atoms with Crippen LogP contribution in [0.2, 0.25) is 0 Å². The summed E-state index contributed by atoms with van der Waals surface area (Å²) in [5, 5.41) is 16.8. The number of aromatic amines is 1. The summed E-state index contributed by atoms with van der Waals surface area (Å²) in [5.41, 5.74) is 0.605. The molecule has 1 fully saturated rings. The van der Waals surface area contributed by atoms with E-state index in [1.165, 1.54) is 11.8 Å². The van der Waals surface area contributed by atoms with Gasteiger partial charge in [-0.05, 0) is 36.2 Å². The van der Waals surface area contributed by atoms with Gasteiger partial charge in [-0.3, -0.25) is 4.57 Å². The Hall–Kier alpha value is -1.60. The fraction of sp³-hybridized carbons (Fsp3) is 0.364. The van der Waals surface area contributed by atoms with Crippen molar-refractivity contribution in [1.82, 2.24) is 19.7 Å². The van der Waals surface area contributed by atoms with E-state index < -0.39 is 0 Å². The first-order valence-corrected chi connectivity index (χ1v) is 6.50. The molecule has 0 spiro atoms. The lowest BCUT2D eigenvalue weighted by Crippen LogP contribution is -2.16. The average molecular weight is 264 g/mol. The van der Waals surface area contributed by atoms with Crippen LogP contribution in [0.1, 0.15) is 24.4 Å². The molecular weight excluding hydrogens is 252 g/mol. The van der Waals surface area contributed by atoms with Crippen molar-refractivity contribution in [2.24, 2.45) is 0 Å². The van der Waals surface area contributed by atoms with Gasteiger partial charge in [-0.15, -0.1) is 5.10 Å². The highest BCUT2D eigenvalue weighted by Gasteiger charge is 2.28. The fourth-order valence-corrected chi connectivity index (χ4v) is 2.53. The summed E-state index contributed by atoms with van der Waals surface area (Å²) in [6.45, 7) is -0.0207. The van der Waals surface area contributed by atoms with Crippen molar-refractivity contribution >= 4 is 11.8 Å². The lowest BCUT2D eigenvalue weighted by Gasteiger charge is -2.03. The van der Waals surface area contributed by atoms with Crippen molar-refractivity contribution in [2.75, 3.05) is 0 Å². The normalized spacial score (nSPS) is 14.9. The number of nitrogens with zero attached hydrogens (tertiary/aromatic N) is 3. The Morgan fingerprint density at radius 3 is 2.94 bits per heavy atom. The molecule has 0 radical (unpaired) electrons. The molecule has 94 valence electrons. The number of hydrogen-bond acceptors (Lipinski definition) is 5. The van der Waals surface area contributed by atoms with E-state index >= 15 is 0 Å². The lowest BCUT2D eigenvalue weighted by atomic mass is 10.3. The summed E-state index contributed by atoms with van der Waals surface area (Å²) < 4.78 is 1.69. The van der Waals surface area contributed by atoms with Crippen molar-refractivity contribution in [1.29, 1.82) is 0 Å². The third kappa shape index (κ3) is 2.19. The van der Waals surface area contributed by atoms with E-state index in [4.69, 9.17) is 5.11 Å². The molecule has 18 heavy (non-hydrogen) atoms. The highest BCUT2D eigenvalue weighted by Crippen LogP contribution is 2.37. The largest absolute Gasteiger partial charge is 0.392 e. The van der Waals surface area contributed by atoms with Crippen LogP contribution in [0.25, 0.3) is 0 Å². The fourth-order valence-electron chi connectivity index (χ4n) is 1.68. The molecular formula is C11H12N4O2S. The Balaban J connectivity index is 1.85. The van der Waals surface area contributed by atoms with E-state index in [0.717, 1.165) is 23.4 Å². The second-order valence-electron chi connectivity index (χ2n) is 4.18. The molecule has 0 unspecified atom stereocenters. The van der Waals surface area contributed by atoms with E-state index in [9.17, 15) is 4.79 Å². The quantitative estimate of drug-likeness (QED) is 0.858. The maximum Gasteiger partial charge on any atom is 0.344 e. The molecule has 1 aliphatic carbocycles. The number of hydrogen-bond donors (Lipinski definition) is 2. The average Bonchev–Trinajstić information content (AvgIpc) is 3.16. The SMILES string of the molecule is O=c1[nH]nc(Sc2ccc(CO)cn2)n1C1CC1. The minimum Gasteiger partial charge on any atom is -0.392 e. The second kappa shape index (κ2) is 4.58. The molecule has 6 nitrogen and oxygen atoms in total. The van der Waals surface area contributed by atoms with Gasteiger partial charge >= 0.3 is 5.69 Å². The first-order chi connectivity index (χ1) is 8.78. The van der Waals surface area contributed by atoms with Crippen molar-refractivity contribution in [2.45, 2.75) is 35.7 Å². The summed E-state index contributed by atoms with van der Waals surface area (Å²) in [6, 6.07) is 3.91. The molecule has 0 amide bonds. The maximum atomic E-state index is 11.6. The van der Waals surface area contributed by atoms with Crippen LogP contribution in [0.4, 0.5) is 0 Å². The smallest absolute Gasteiger partial charge is 0.344 e. The number of pyridine rings is 1. The molecule has 2 N–H and O–H groups in total. The van der Waals surface area contributed by atoms with Crippen LogP contribution in [0, 0.1) is 0 Å². The van der Waals surface area contributed by atoms with E-state index in [2.05, 4.69) is 15.2 Å². The first kappa shape index (κ1) is 11.5. The van der Waals surface area contributed by atoms with Crippen LogP contribution in [-0.4, -0.2) is 24.9 Å². The van der Waals surface area contributed by atoms with Crippen LogP contribution in [0.3, 0.4) is 0 Å². The maximum absolute atomic E-state index is 11.6. The van der Waals surface area contributed by atoms with Crippen molar-refractivity contribution in [3.05, 3.63) is 34.4 Å². The van der Waals surface area contributed by atoms with E-state index in [0.29, 0.717) is 5.16 Å². The van der Waals surface area contributed by atoms with Crippen LogP contribution in [0.5, 0.6) is 0 Å².